The van der Waals surface area contributed by atoms with Crippen LogP contribution in [0, 0.1) is 0 Å². The molecule has 198 valence electrons. The number of benzene rings is 3. The Hall–Kier alpha value is -2.67. The van der Waals surface area contributed by atoms with Gasteiger partial charge in [0, 0.05) is 20.2 Å². The summed E-state index contributed by atoms with van der Waals surface area (Å²) in [5.74, 6) is 1.50. The van der Waals surface area contributed by atoms with Crippen LogP contribution in [0.5, 0.6) is 11.5 Å². The zero-order valence-corrected chi connectivity index (χ0v) is 22.9. The van der Waals surface area contributed by atoms with Gasteiger partial charge < -0.3 is 28.0 Å². The lowest BCUT2D eigenvalue weighted by Gasteiger charge is -2.37. The van der Waals surface area contributed by atoms with Gasteiger partial charge in [0.05, 0.1) is 33.0 Å². The van der Waals surface area contributed by atoms with Gasteiger partial charge in [0.1, 0.15) is 23.2 Å². The first-order valence-corrected chi connectivity index (χ1v) is 14.3. The van der Waals surface area contributed by atoms with Crippen molar-refractivity contribution in [3.63, 3.8) is 0 Å². The number of hydrogen-bond acceptors (Lipinski definition) is 7. The molecule has 0 aliphatic carbocycles. The summed E-state index contributed by atoms with van der Waals surface area (Å²) in [6.45, 7) is 3.64. The molecular weight excluding hydrogens is 491 g/mol. The molecule has 1 heterocycles. The van der Waals surface area contributed by atoms with Crippen molar-refractivity contribution in [1.82, 2.24) is 0 Å². The maximum Gasteiger partial charge on any atom is 0.327 e. The van der Waals surface area contributed by atoms with E-state index in [1.165, 1.54) is 13.8 Å². The van der Waals surface area contributed by atoms with Crippen molar-refractivity contribution >= 4 is 7.60 Å². The Morgan fingerprint density at radius 2 is 1.35 bits per heavy atom. The van der Waals surface area contributed by atoms with Crippen LogP contribution >= 0.6 is 7.60 Å². The van der Waals surface area contributed by atoms with Crippen LogP contribution in [0.4, 0.5) is 0 Å². The van der Waals surface area contributed by atoms with Crippen LogP contribution in [0.2, 0.25) is 0 Å². The second-order valence-electron chi connectivity index (χ2n) is 9.13. The summed E-state index contributed by atoms with van der Waals surface area (Å²) >= 11 is 0. The summed E-state index contributed by atoms with van der Waals surface area (Å²) in [7, 11) is 1.47. The third kappa shape index (κ3) is 6.08. The molecular formula is C29H35O7P. The molecule has 4 rings (SSSR count). The molecule has 0 amide bonds. The molecule has 8 heteroatoms. The van der Waals surface area contributed by atoms with E-state index < -0.39 is 25.4 Å². The SMILES string of the molecule is COc1ccc(C(OCC2OC(C)CC2OP(C)(=O)OC)(c2ccccc2)c2ccc(OC)cc2)cc1. The summed E-state index contributed by atoms with van der Waals surface area (Å²) in [4.78, 5) is 0. The van der Waals surface area contributed by atoms with Crippen LogP contribution in [-0.4, -0.2) is 52.9 Å². The lowest BCUT2D eigenvalue weighted by atomic mass is 9.80. The van der Waals surface area contributed by atoms with Crippen molar-refractivity contribution in [2.75, 3.05) is 34.6 Å². The van der Waals surface area contributed by atoms with E-state index in [2.05, 4.69) is 0 Å². The molecule has 4 atom stereocenters. The van der Waals surface area contributed by atoms with E-state index >= 15 is 0 Å². The van der Waals surface area contributed by atoms with Crippen molar-refractivity contribution in [1.29, 1.82) is 0 Å². The lowest BCUT2D eigenvalue weighted by molar-refractivity contribution is -0.0774. The maximum absolute atomic E-state index is 12.6. The van der Waals surface area contributed by atoms with Crippen LogP contribution in [0.15, 0.2) is 78.9 Å². The molecule has 0 N–H and O–H groups in total. The van der Waals surface area contributed by atoms with Gasteiger partial charge >= 0.3 is 7.60 Å². The molecule has 0 spiro atoms. The van der Waals surface area contributed by atoms with Crippen molar-refractivity contribution in [2.24, 2.45) is 0 Å². The van der Waals surface area contributed by atoms with Crippen molar-refractivity contribution in [3.8, 4) is 11.5 Å². The Morgan fingerprint density at radius 1 is 0.838 bits per heavy atom. The minimum absolute atomic E-state index is 0.0662. The van der Waals surface area contributed by atoms with Gasteiger partial charge in [-0.1, -0.05) is 54.6 Å². The van der Waals surface area contributed by atoms with Gasteiger partial charge in [0.15, 0.2) is 0 Å². The Morgan fingerprint density at radius 3 is 1.84 bits per heavy atom. The topological polar surface area (TPSA) is 72.5 Å². The van der Waals surface area contributed by atoms with Gasteiger partial charge in [-0.3, -0.25) is 4.57 Å². The highest BCUT2D eigenvalue weighted by Crippen LogP contribution is 2.48. The average molecular weight is 527 g/mol. The summed E-state index contributed by atoms with van der Waals surface area (Å²) < 4.78 is 47.5. The van der Waals surface area contributed by atoms with Gasteiger partial charge in [0.25, 0.3) is 0 Å². The largest absolute Gasteiger partial charge is 0.497 e. The Kier molecular flexibility index (Phi) is 8.73. The summed E-state index contributed by atoms with van der Waals surface area (Å²) in [6, 6.07) is 25.8. The quantitative estimate of drug-likeness (QED) is 0.223. The summed E-state index contributed by atoms with van der Waals surface area (Å²) in [6.07, 6.45) is -0.328. The van der Waals surface area contributed by atoms with Gasteiger partial charge in [-0.2, -0.15) is 0 Å². The molecule has 7 nitrogen and oxygen atoms in total. The van der Waals surface area contributed by atoms with E-state index in [4.69, 9.17) is 28.0 Å². The third-order valence-electron chi connectivity index (χ3n) is 6.68. The summed E-state index contributed by atoms with van der Waals surface area (Å²) in [5, 5.41) is 0. The monoisotopic (exact) mass is 526 g/mol. The molecule has 0 radical (unpaired) electrons. The zero-order chi connectivity index (χ0) is 26.5. The lowest BCUT2D eigenvalue weighted by Crippen LogP contribution is -2.38. The normalized spacial score (nSPS) is 21.4. The maximum atomic E-state index is 12.6. The van der Waals surface area contributed by atoms with E-state index in [0.29, 0.717) is 6.42 Å². The van der Waals surface area contributed by atoms with Crippen molar-refractivity contribution < 1.29 is 32.6 Å². The number of methoxy groups -OCH3 is 2. The highest BCUT2D eigenvalue weighted by molar-refractivity contribution is 7.52. The van der Waals surface area contributed by atoms with Crippen LogP contribution in [0.3, 0.4) is 0 Å². The zero-order valence-electron chi connectivity index (χ0n) is 22.0. The van der Waals surface area contributed by atoms with Crippen LogP contribution in [-0.2, 0) is 28.7 Å². The van der Waals surface area contributed by atoms with Gasteiger partial charge in [-0.15, -0.1) is 0 Å². The van der Waals surface area contributed by atoms with E-state index in [0.717, 1.165) is 28.2 Å². The fourth-order valence-corrected chi connectivity index (χ4v) is 5.55. The fourth-order valence-electron chi connectivity index (χ4n) is 4.75. The molecule has 1 aliphatic heterocycles. The van der Waals surface area contributed by atoms with E-state index in [1.54, 1.807) is 14.2 Å². The predicted octanol–water partition coefficient (Wildman–Crippen LogP) is 6.04. The number of ether oxygens (including phenoxy) is 4. The van der Waals surface area contributed by atoms with Crippen molar-refractivity contribution in [2.45, 2.75) is 37.3 Å². The second-order valence-corrected chi connectivity index (χ2v) is 11.3. The standard InChI is InChI=1S/C29H35O7P/c1-21-19-27(36-37(5,30)33-4)28(35-21)20-34-29(22-9-7-6-8-10-22,23-11-15-25(31-2)16-12-23)24-13-17-26(32-3)18-14-24/h6-18,21,27-28H,19-20H2,1-5H3. The smallest absolute Gasteiger partial charge is 0.327 e. The Balaban J connectivity index is 1.79. The first kappa shape index (κ1) is 27.4. The molecule has 37 heavy (non-hydrogen) atoms. The molecule has 4 unspecified atom stereocenters. The van der Waals surface area contributed by atoms with E-state index in [-0.39, 0.29) is 12.7 Å². The van der Waals surface area contributed by atoms with Gasteiger partial charge in [-0.05, 0) is 47.9 Å². The minimum atomic E-state index is -3.21. The average Bonchev–Trinajstić information content (AvgIpc) is 3.28. The molecule has 1 aliphatic rings. The van der Waals surface area contributed by atoms with Gasteiger partial charge in [0.2, 0.25) is 0 Å². The number of rotatable bonds is 11. The van der Waals surface area contributed by atoms with E-state index in [9.17, 15) is 4.57 Å². The summed E-state index contributed by atoms with van der Waals surface area (Å²) in [5.41, 5.74) is 1.82. The fraction of sp³-hybridized carbons (Fsp3) is 0.379. The molecule has 0 aromatic heterocycles. The highest BCUT2D eigenvalue weighted by Gasteiger charge is 2.43. The van der Waals surface area contributed by atoms with Crippen molar-refractivity contribution in [3.05, 3.63) is 95.6 Å². The highest BCUT2D eigenvalue weighted by atomic mass is 31.2. The first-order valence-electron chi connectivity index (χ1n) is 12.3. The molecule has 1 fully saturated rings. The van der Waals surface area contributed by atoms with Crippen LogP contribution in [0.25, 0.3) is 0 Å². The Bertz CT molecular complexity index is 1130. The molecule has 0 saturated carbocycles. The number of hydrogen-bond donors (Lipinski definition) is 0. The molecule has 0 bridgehead atoms. The van der Waals surface area contributed by atoms with Gasteiger partial charge in [-0.25, -0.2) is 0 Å². The minimum Gasteiger partial charge on any atom is -0.497 e. The van der Waals surface area contributed by atoms with Crippen LogP contribution < -0.4 is 9.47 Å². The molecule has 3 aromatic carbocycles. The first-order chi connectivity index (χ1) is 17.8. The van der Waals surface area contributed by atoms with E-state index in [1.807, 2.05) is 85.8 Å². The molecule has 3 aromatic rings. The Labute approximate surface area is 219 Å². The second kappa shape index (κ2) is 11.8. The molecule has 1 saturated heterocycles. The third-order valence-corrected chi connectivity index (χ3v) is 8.00. The predicted molar refractivity (Wildman–Crippen MR) is 143 cm³/mol. The van der Waals surface area contributed by atoms with Crippen LogP contribution in [0.1, 0.15) is 30.0 Å².